The molecule has 3 heteroatoms. The second-order valence-corrected chi connectivity index (χ2v) is 7.53. The van der Waals surface area contributed by atoms with Gasteiger partial charge in [0, 0.05) is 18.3 Å². The highest BCUT2D eigenvalue weighted by Gasteiger charge is 2.32. The van der Waals surface area contributed by atoms with Crippen molar-refractivity contribution in [1.82, 2.24) is 5.32 Å². The fourth-order valence-electron chi connectivity index (χ4n) is 3.63. The van der Waals surface area contributed by atoms with E-state index in [1.807, 2.05) is 11.8 Å². The van der Waals surface area contributed by atoms with Crippen molar-refractivity contribution in [2.45, 2.75) is 57.9 Å². The molecule has 18 heavy (non-hydrogen) atoms. The molecule has 0 aromatic rings. The van der Waals surface area contributed by atoms with E-state index in [9.17, 15) is 0 Å². The van der Waals surface area contributed by atoms with E-state index in [4.69, 9.17) is 4.99 Å². The Kier molecular flexibility index (Phi) is 4.17. The number of nitrogens with one attached hydrogen (secondary N) is 1. The maximum atomic E-state index is 4.86. The third-order valence-electron chi connectivity index (χ3n) is 5.03. The SMILES string of the molecule is CC1CCC(CN=C2NC3CCCC3CS2)CC1. The van der Waals surface area contributed by atoms with Gasteiger partial charge in [-0.3, -0.25) is 4.99 Å². The van der Waals surface area contributed by atoms with Gasteiger partial charge in [0.05, 0.1) is 0 Å². The predicted molar refractivity (Wildman–Crippen MR) is 80.1 cm³/mol. The van der Waals surface area contributed by atoms with Crippen LogP contribution in [0.5, 0.6) is 0 Å². The molecule has 3 fully saturated rings. The number of fused-ring (bicyclic) bond motifs is 1. The molecule has 1 saturated heterocycles. The summed E-state index contributed by atoms with van der Waals surface area (Å²) >= 11 is 1.97. The van der Waals surface area contributed by atoms with Crippen LogP contribution in [0.2, 0.25) is 0 Å². The lowest BCUT2D eigenvalue weighted by Gasteiger charge is -2.29. The Labute approximate surface area is 115 Å². The minimum absolute atomic E-state index is 0.747. The van der Waals surface area contributed by atoms with Crippen LogP contribution < -0.4 is 5.32 Å². The van der Waals surface area contributed by atoms with Crippen molar-refractivity contribution in [2.24, 2.45) is 22.7 Å². The van der Waals surface area contributed by atoms with Gasteiger partial charge in [0.25, 0.3) is 0 Å². The van der Waals surface area contributed by atoms with Gasteiger partial charge in [0.1, 0.15) is 0 Å². The molecule has 0 radical (unpaired) electrons. The molecule has 3 rings (SSSR count). The van der Waals surface area contributed by atoms with E-state index in [1.165, 1.54) is 55.9 Å². The molecular weight excluding hydrogens is 240 g/mol. The molecule has 0 bridgehead atoms. The van der Waals surface area contributed by atoms with Crippen LogP contribution >= 0.6 is 11.8 Å². The molecule has 0 amide bonds. The van der Waals surface area contributed by atoms with Crippen molar-refractivity contribution in [3.8, 4) is 0 Å². The zero-order chi connectivity index (χ0) is 12.4. The van der Waals surface area contributed by atoms with E-state index < -0.39 is 0 Å². The van der Waals surface area contributed by atoms with Crippen LogP contribution in [0.1, 0.15) is 51.9 Å². The maximum absolute atomic E-state index is 4.86. The lowest BCUT2D eigenvalue weighted by Crippen LogP contribution is -2.41. The summed E-state index contributed by atoms with van der Waals surface area (Å²) in [5.74, 6) is 4.04. The van der Waals surface area contributed by atoms with Crippen LogP contribution in [0, 0.1) is 17.8 Å². The van der Waals surface area contributed by atoms with Crippen LogP contribution in [0.3, 0.4) is 0 Å². The first-order chi connectivity index (χ1) is 8.81. The van der Waals surface area contributed by atoms with Crippen LogP contribution in [0.25, 0.3) is 0 Å². The van der Waals surface area contributed by atoms with Crippen molar-refractivity contribution >= 4 is 16.9 Å². The van der Waals surface area contributed by atoms with Gasteiger partial charge in [-0.2, -0.15) is 0 Å². The first kappa shape index (κ1) is 12.8. The lowest BCUT2D eigenvalue weighted by atomic mass is 9.83. The molecule has 3 aliphatic rings. The number of hydrogen-bond acceptors (Lipinski definition) is 2. The van der Waals surface area contributed by atoms with E-state index in [1.54, 1.807) is 0 Å². The molecule has 0 aromatic carbocycles. The largest absolute Gasteiger partial charge is 0.362 e. The molecule has 102 valence electrons. The van der Waals surface area contributed by atoms with Gasteiger partial charge >= 0.3 is 0 Å². The lowest BCUT2D eigenvalue weighted by molar-refractivity contribution is 0.296. The summed E-state index contributed by atoms with van der Waals surface area (Å²) in [6.45, 7) is 3.46. The summed E-state index contributed by atoms with van der Waals surface area (Å²) in [7, 11) is 0. The van der Waals surface area contributed by atoms with E-state index in [0.29, 0.717) is 0 Å². The highest BCUT2D eigenvalue weighted by atomic mass is 32.2. The number of amidine groups is 1. The summed E-state index contributed by atoms with van der Waals surface area (Å²) < 4.78 is 0. The van der Waals surface area contributed by atoms with E-state index in [0.717, 1.165) is 30.3 Å². The molecule has 1 N–H and O–H groups in total. The minimum atomic E-state index is 0.747. The Morgan fingerprint density at radius 1 is 1.17 bits per heavy atom. The van der Waals surface area contributed by atoms with Crippen molar-refractivity contribution in [1.29, 1.82) is 0 Å². The highest BCUT2D eigenvalue weighted by molar-refractivity contribution is 8.13. The summed E-state index contributed by atoms with van der Waals surface area (Å²) in [5.41, 5.74) is 0. The monoisotopic (exact) mass is 266 g/mol. The second-order valence-electron chi connectivity index (χ2n) is 6.52. The Bertz CT molecular complexity index is 308. The number of thioether (sulfide) groups is 1. The quantitative estimate of drug-likeness (QED) is 0.824. The molecule has 1 aliphatic heterocycles. The molecule has 2 unspecified atom stereocenters. The Hall–Kier alpha value is -0.180. The van der Waals surface area contributed by atoms with Crippen molar-refractivity contribution < 1.29 is 0 Å². The van der Waals surface area contributed by atoms with E-state index >= 15 is 0 Å². The molecule has 2 nitrogen and oxygen atoms in total. The van der Waals surface area contributed by atoms with Crippen LogP contribution in [0.4, 0.5) is 0 Å². The van der Waals surface area contributed by atoms with Crippen LogP contribution in [-0.2, 0) is 0 Å². The zero-order valence-electron chi connectivity index (χ0n) is 11.5. The summed E-state index contributed by atoms with van der Waals surface area (Å²) in [6.07, 6.45) is 9.84. The van der Waals surface area contributed by atoms with E-state index in [-0.39, 0.29) is 0 Å². The smallest absolute Gasteiger partial charge is 0.156 e. The molecule has 0 aromatic heterocycles. The molecular formula is C15H26N2S. The summed E-state index contributed by atoms with van der Waals surface area (Å²) in [4.78, 5) is 4.86. The van der Waals surface area contributed by atoms with Gasteiger partial charge in [-0.25, -0.2) is 0 Å². The Balaban J connectivity index is 1.48. The van der Waals surface area contributed by atoms with E-state index in [2.05, 4.69) is 12.2 Å². The number of rotatable bonds is 2. The highest BCUT2D eigenvalue weighted by Crippen LogP contribution is 2.33. The van der Waals surface area contributed by atoms with Gasteiger partial charge in [0.2, 0.25) is 0 Å². The van der Waals surface area contributed by atoms with Crippen molar-refractivity contribution in [3.63, 3.8) is 0 Å². The molecule has 2 aliphatic carbocycles. The standard InChI is InChI=1S/C15H26N2S/c1-11-5-7-12(8-6-11)9-16-15-17-14-4-2-3-13(14)10-18-15/h11-14H,2-10H2,1H3,(H,16,17). The number of nitrogens with zero attached hydrogens (tertiary/aromatic N) is 1. The molecule has 1 heterocycles. The first-order valence-corrected chi connectivity index (χ1v) is 8.73. The molecule has 2 saturated carbocycles. The summed E-state index contributed by atoms with van der Waals surface area (Å²) in [5, 5.41) is 4.92. The average molecular weight is 266 g/mol. The topological polar surface area (TPSA) is 24.4 Å². The normalized spacial score (nSPS) is 42.6. The number of aliphatic imine (C=N–C) groups is 1. The maximum Gasteiger partial charge on any atom is 0.156 e. The van der Waals surface area contributed by atoms with Crippen molar-refractivity contribution in [2.75, 3.05) is 12.3 Å². The fraction of sp³-hybridized carbons (Fsp3) is 0.933. The van der Waals surface area contributed by atoms with Gasteiger partial charge in [-0.05, 0) is 43.4 Å². The zero-order valence-corrected chi connectivity index (χ0v) is 12.3. The van der Waals surface area contributed by atoms with Gasteiger partial charge in [-0.1, -0.05) is 37.9 Å². The third kappa shape index (κ3) is 3.04. The minimum Gasteiger partial charge on any atom is -0.362 e. The number of hydrogen-bond donors (Lipinski definition) is 1. The van der Waals surface area contributed by atoms with Gasteiger partial charge < -0.3 is 5.32 Å². The predicted octanol–water partition coefficient (Wildman–Crippen LogP) is 3.67. The van der Waals surface area contributed by atoms with Gasteiger partial charge in [0.15, 0.2) is 5.17 Å². The van der Waals surface area contributed by atoms with Crippen LogP contribution in [0.15, 0.2) is 4.99 Å². The fourth-order valence-corrected chi connectivity index (χ4v) is 4.80. The third-order valence-corrected chi connectivity index (χ3v) is 6.15. The summed E-state index contributed by atoms with van der Waals surface area (Å²) in [6, 6.07) is 0.747. The molecule has 0 spiro atoms. The van der Waals surface area contributed by atoms with Crippen LogP contribution in [-0.4, -0.2) is 23.5 Å². The van der Waals surface area contributed by atoms with Crippen molar-refractivity contribution in [3.05, 3.63) is 0 Å². The molecule has 2 atom stereocenters. The Morgan fingerprint density at radius 3 is 2.83 bits per heavy atom. The second kappa shape index (κ2) is 5.85. The average Bonchev–Trinajstić information content (AvgIpc) is 2.85. The van der Waals surface area contributed by atoms with Gasteiger partial charge in [-0.15, -0.1) is 0 Å². The Morgan fingerprint density at radius 2 is 2.00 bits per heavy atom. The first-order valence-electron chi connectivity index (χ1n) is 7.75.